The first-order valence-electron chi connectivity index (χ1n) is 4.05. The lowest BCUT2D eigenvalue weighted by Crippen LogP contribution is -2.26. The normalized spacial score (nSPS) is 9.92. The molecule has 0 bridgehead atoms. The van der Waals surface area contributed by atoms with Gasteiger partial charge in [0.1, 0.15) is 0 Å². The minimum atomic E-state index is -0.148. The molecule has 13 heavy (non-hydrogen) atoms. The zero-order valence-corrected chi connectivity index (χ0v) is 8.23. The lowest BCUT2D eigenvalue weighted by atomic mass is 10.4. The van der Waals surface area contributed by atoms with Crippen LogP contribution in [0.5, 0.6) is 0 Å². The maximum atomic E-state index is 11.2. The van der Waals surface area contributed by atoms with E-state index in [0.29, 0.717) is 12.2 Å². The van der Waals surface area contributed by atoms with E-state index < -0.39 is 0 Å². The highest BCUT2D eigenvalue weighted by molar-refractivity contribution is 6.99. The molecule has 1 aromatic heterocycles. The maximum Gasteiger partial charge on any atom is 0.272 e. The van der Waals surface area contributed by atoms with Gasteiger partial charge in [-0.2, -0.15) is 8.75 Å². The fourth-order valence-electron chi connectivity index (χ4n) is 0.822. The van der Waals surface area contributed by atoms with Gasteiger partial charge in [0.25, 0.3) is 5.91 Å². The van der Waals surface area contributed by atoms with E-state index in [1.165, 1.54) is 6.20 Å². The molecule has 6 heteroatoms. The van der Waals surface area contributed by atoms with Crippen LogP contribution in [0, 0.1) is 0 Å². The number of carbonyl (C=O) groups is 1. The first-order valence-corrected chi connectivity index (χ1v) is 4.78. The third-order valence-electron chi connectivity index (χ3n) is 1.48. The summed E-state index contributed by atoms with van der Waals surface area (Å²) in [5.41, 5.74) is 0.398. The van der Waals surface area contributed by atoms with Gasteiger partial charge in [0.2, 0.25) is 0 Å². The molecule has 5 nitrogen and oxygen atoms in total. The fourth-order valence-corrected chi connectivity index (χ4v) is 1.23. The van der Waals surface area contributed by atoms with E-state index in [2.05, 4.69) is 19.4 Å². The zero-order chi connectivity index (χ0) is 9.52. The van der Waals surface area contributed by atoms with Crippen molar-refractivity contribution < 1.29 is 4.79 Å². The van der Waals surface area contributed by atoms with Crippen molar-refractivity contribution in [3.8, 4) is 0 Å². The fraction of sp³-hybridized carbons (Fsp3) is 0.571. The van der Waals surface area contributed by atoms with Crippen LogP contribution in [0.4, 0.5) is 0 Å². The van der Waals surface area contributed by atoms with Crippen LogP contribution in [-0.2, 0) is 0 Å². The van der Waals surface area contributed by atoms with Crippen molar-refractivity contribution in [1.29, 1.82) is 0 Å². The van der Waals surface area contributed by atoms with Gasteiger partial charge in [-0.05, 0) is 20.0 Å². The minimum absolute atomic E-state index is 0.148. The van der Waals surface area contributed by atoms with Crippen molar-refractivity contribution in [3.63, 3.8) is 0 Å². The molecule has 1 rings (SSSR count). The summed E-state index contributed by atoms with van der Waals surface area (Å²) in [7, 11) is 1.88. The molecule has 0 saturated carbocycles. The number of amides is 1. The van der Waals surface area contributed by atoms with Crippen LogP contribution >= 0.6 is 11.7 Å². The average Bonchev–Trinajstić information content (AvgIpc) is 2.65. The Hall–Kier alpha value is -1.01. The zero-order valence-electron chi connectivity index (χ0n) is 7.41. The molecule has 0 atom stereocenters. The minimum Gasteiger partial charge on any atom is -0.351 e. The van der Waals surface area contributed by atoms with Gasteiger partial charge in [-0.25, -0.2) is 0 Å². The van der Waals surface area contributed by atoms with Crippen LogP contribution < -0.4 is 10.6 Å². The van der Waals surface area contributed by atoms with Crippen molar-refractivity contribution in [3.05, 3.63) is 11.9 Å². The van der Waals surface area contributed by atoms with Gasteiger partial charge < -0.3 is 10.6 Å². The van der Waals surface area contributed by atoms with Crippen LogP contribution in [0.2, 0.25) is 0 Å². The van der Waals surface area contributed by atoms with Gasteiger partial charge in [-0.1, -0.05) is 0 Å². The average molecular weight is 200 g/mol. The molecule has 0 unspecified atom stereocenters. The summed E-state index contributed by atoms with van der Waals surface area (Å²) in [5.74, 6) is -0.148. The molecule has 0 aromatic carbocycles. The first kappa shape index (κ1) is 10.1. The maximum absolute atomic E-state index is 11.2. The summed E-state index contributed by atoms with van der Waals surface area (Å²) in [6, 6.07) is 0. The summed E-state index contributed by atoms with van der Waals surface area (Å²) in [6.07, 6.45) is 2.39. The smallest absolute Gasteiger partial charge is 0.272 e. The molecule has 1 heterocycles. The Morgan fingerprint density at radius 2 is 2.46 bits per heavy atom. The molecule has 0 aliphatic carbocycles. The Kier molecular flexibility index (Phi) is 4.34. The van der Waals surface area contributed by atoms with Gasteiger partial charge in [0, 0.05) is 6.54 Å². The molecule has 0 fully saturated rings. The number of aromatic nitrogens is 2. The molecule has 72 valence electrons. The Labute approximate surface area is 80.9 Å². The SMILES string of the molecule is CNCCCNC(=O)c1cnsn1. The van der Waals surface area contributed by atoms with E-state index in [1.54, 1.807) is 0 Å². The van der Waals surface area contributed by atoms with Gasteiger partial charge in [-0.15, -0.1) is 0 Å². The highest BCUT2D eigenvalue weighted by atomic mass is 32.1. The second-order valence-corrected chi connectivity index (χ2v) is 3.06. The summed E-state index contributed by atoms with van der Waals surface area (Å²) in [6.45, 7) is 1.56. The van der Waals surface area contributed by atoms with Crippen LogP contribution in [0.25, 0.3) is 0 Å². The molecule has 0 radical (unpaired) electrons. The summed E-state index contributed by atoms with van der Waals surface area (Å²) < 4.78 is 7.56. The molecule has 1 aromatic rings. The van der Waals surface area contributed by atoms with Crippen molar-refractivity contribution in [1.82, 2.24) is 19.4 Å². The van der Waals surface area contributed by atoms with Crippen LogP contribution in [0.1, 0.15) is 16.9 Å². The van der Waals surface area contributed by atoms with Gasteiger partial charge in [0.15, 0.2) is 5.69 Å². The second-order valence-electron chi connectivity index (χ2n) is 2.51. The van der Waals surface area contributed by atoms with Crippen molar-refractivity contribution in [2.75, 3.05) is 20.1 Å². The Morgan fingerprint density at radius 1 is 1.62 bits per heavy atom. The van der Waals surface area contributed by atoms with Crippen LogP contribution in [-0.4, -0.2) is 34.8 Å². The molecule has 0 spiro atoms. The molecular formula is C7H12N4OS. The van der Waals surface area contributed by atoms with Gasteiger partial charge in [0.05, 0.1) is 17.9 Å². The predicted molar refractivity (Wildman–Crippen MR) is 50.8 cm³/mol. The van der Waals surface area contributed by atoms with Crippen molar-refractivity contribution >= 4 is 17.6 Å². The number of carbonyl (C=O) groups excluding carboxylic acids is 1. The number of hydrogen-bond donors (Lipinski definition) is 2. The predicted octanol–water partition coefficient (Wildman–Crippen LogP) is -0.123. The lowest BCUT2D eigenvalue weighted by Gasteiger charge is -2.01. The van der Waals surface area contributed by atoms with E-state index in [9.17, 15) is 4.79 Å². The molecule has 0 aliphatic heterocycles. The molecule has 0 saturated heterocycles. The highest BCUT2D eigenvalue weighted by Crippen LogP contribution is 1.93. The van der Waals surface area contributed by atoms with Crippen molar-refractivity contribution in [2.24, 2.45) is 0 Å². The molecular weight excluding hydrogens is 188 g/mol. The second kappa shape index (κ2) is 5.60. The monoisotopic (exact) mass is 200 g/mol. The van der Waals surface area contributed by atoms with Gasteiger partial charge >= 0.3 is 0 Å². The lowest BCUT2D eigenvalue weighted by molar-refractivity contribution is 0.0949. The van der Waals surface area contributed by atoms with Gasteiger partial charge in [-0.3, -0.25) is 4.79 Å². The summed E-state index contributed by atoms with van der Waals surface area (Å²) in [5, 5.41) is 5.74. The first-order chi connectivity index (χ1) is 6.34. The van der Waals surface area contributed by atoms with Crippen LogP contribution in [0.3, 0.4) is 0 Å². The number of rotatable bonds is 5. The largest absolute Gasteiger partial charge is 0.351 e. The van der Waals surface area contributed by atoms with E-state index in [1.807, 2.05) is 7.05 Å². The number of nitrogens with zero attached hydrogens (tertiary/aromatic N) is 2. The quantitative estimate of drug-likeness (QED) is 0.650. The third-order valence-corrected chi connectivity index (χ3v) is 1.96. The Bertz CT molecular complexity index is 249. The van der Waals surface area contributed by atoms with Crippen LogP contribution in [0.15, 0.2) is 6.20 Å². The van der Waals surface area contributed by atoms with Crippen molar-refractivity contribution in [2.45, 2.75) is 6.42 Å². The van der Waals surface area contributed by atoms with E-state index in [0.717, 1.165) is 24.7 Å². The molecule has 1 amide bonds. The van der Waals surface area contributed by atoms with E-state index in [-0.39, 0.29) is 5.91 Å². The number of nitrogens with one attached hydrogen (secondary N) is 2. The summed E-state index contributed by atoms with van der Waals surface area (Å²) >= 11 is 1.04. The summed E-state index contributed by atoms with van der Waals surface area (Å²) in [4.78, 5) is 11.2. The Balaban J connectivity index is 2.19. The topological polar surface area (TPSA) is 66.9 Å². The molecule has 0 aliphatic rings. The van der Waals surface area contributed by atoms with E-state index in [4.69, 9.17) is 0 Å². The number of hydrogen-bond acceptors (Lipinski definition) is 5. The highest BCUT2D eigenvalue weighted by Gasteiger charge is 2.06. The third kappa shape index (κ3) is 3.47. The Morgan fingerprint density at radius 3 is 3.08 bits per heavy atom. The standard InChI is InChI=1S/C7H12N4OS/c1-8-3-2-4-9-7(12)6-5-10-13-11-6/h5,8H,2-4H2,1H3,(H,9,12). The molecule has 2 N–H and O–H groups in total. The van der Waals surface area contributed by atoms with E-state index >= 15 is 0 Å².